The van der Waals surface area contributed by atoms with E-state index in [0.717, 1.165) is 49.4 Å². The van der Waals surface area contributed by atoms with Crippen molar-refractivity contribution in [1.29, 1.82) is 0 Å². The highest BCUT2D eigenvalue weighted by molar-refractivity contribution is 6.05. The molecule has 1 unspecified atom stereocenters. The standard InChI is InChI=1S/C27H28FN5O3/c1-16-23(32-9-3-2-4-24(32)29-16)15-31-10-7-17(8-11-31)19-12-18-14-33(27(36)20(18)13-21(19)28)22-5-6-25(34)30-26(22)35/h2-4,9,12-13,17,22H,5-8,10-11,14-15H2,1H3,(H,30,34,35). The molecule has 2 aromatic heterocycles. The molecule has 6 rings (SSSR count). The third-order valence-corrected chi connectivity index (χ3v) is 7.87. The summed E-state index contributed by atoms with van der Waals surface area (Å²) in [7, 11) is 0. The fourth-order valence-electron chi connectivity index (χ4n) is 5.89. The number of hydrogen-bond donors (Lipinski definition) is 1. The van der Waals surface area contributed by atoms with Crippen LogP contribution in [0.25, 0.3) is 5.65 Å². The number of hydrogen-bond acceptors (Lipinski definition) is 5. The number of carbonyl (C=O) groups excluding carboxylic acids is 3. The SMILES string of the molecule is Cc1nc2ccccn2c1CN1CCC(c2cc3c(cc2F)C(=O)N(C2CCC(=O)NC2=O)C3)CC1. The number of piperidine rings is 2. The second-order valence-electron chi connectivity index (χ2n) is 10.1. The topological polar surface area (TPSA) is 87.0 Å². The Bertz CT molecular complexity index is 1390. The molecule has 2 fully saturated rings. The van der Waals surface area contributed by atoms with Crippen molar-refractivity contribution in [2.24, 2.45) is 0 Å². The second-order valence-corrected chi connectivity index (χ2v) is 10.1. The third-order valence-electron chi connectivity index (χ3n) is 7.87. The number of aromatic nitrogens is 2. The maximum Gasteiger partial charge on any atom is 0.255 e. The summed E-state index contributed by atoms with van der Waals surface area (Å²) >= 11 is 0. The number of pyridine rings is 1. The predicted octanol–water partition coefficient (Wildman–Crippen LogP) is 2.92. The molecule has 0 spiro atoms. The average Bonchev–Trinajstić information content (AvgIpc) is 3.35. The summed E-state index contributed by atoms with van der Waals surface area (Å²) in [4.78, 5) is 45.3. The molecule has 2 saturated heterocycles. The second kappa shape index (κ2) is 8.81. The van der Waals surface area contributed by atoms with Gasteiger partial charge in [0, 0.05) is 31.3 Å². The number of nitrogens with zero attached hydrogens (tertiary/aromatic N) is 4. The van der Waals surface area contributed by atoms with Crippen molar-refractivity contribution >= 4 is 23.4 Å². The van der Waals surface area contributed by atoms with Gasteiger partial charge in [-0.15, -0.1) is 0 Å². The van der Waals surface area contributed by atoms with E-state index in [-0.39, 0.29) is 36.5 Å². The van der Waals surface area contributed by atoms with E-state index in [2.05, 4.69) is 19.6 Å². The Morgan fingerprint density at radius 3 is 2.69 bits per heavy atom. The highest BCUT2D eigenvalue weighted by Gasteiger charge is 2.40. The Hall–Kier alpha value is -3.59. The number of amides is 3. The fraction of sp³-hybridized carbons (Fsp3) is 0.407. The molecule has 3 aromatic rings. The van der Waals surface area contributed by atoms with Crippen LogP contribution in [0.2, 0.25) is 0 Å². The van der Waals surface area contributed by atoms with Crippen molar-refractivity contribution in [2.45, 2.75) is 57.7 Å². The van der Waals surface area contributed by atoms with E-state index in [1.54, 1.807) is 0 Å². The van der Waals surface area contributed by atoms with Crippen LogP contribution in [-0.4, -0.2) is 56.0 Å². The van der Waals surface area contributed by atoms with Crippen LogP contribution in [0, 0.1) is 12.7 Å². The fourth-order valence-corrected chi connectivity index (χ4v) is 5.89. The summed E-state index contributed by atoms with van der Waals surface area (Å²) in [6.45, 7) is 4.80. The monoisotopic (exact) mass is 489 g/mol. The van der Waals surface area contributed by atoms with Gasteiger partial charge in [-0.05, 0) is 74.5 Å². The lowest BCUT2D eigenvalue weighted by molar-refractivity contribution is -0.136. The zero-order valence-corrected chi connectivity index (χ0v) is 20.2. The maximum atomic E-state index is 15.2. The molecule has 9 heteroatoms. The lowest BCUT2D eigenvalue weighted by Crippen LogP contribution is -2.52. The molecular weight excluding hydrogens is 461 g/mol. The minimum absolute atomic E-state index is 0.0783. The van der Waals surface area contributed by atoms with E-state index >= 15 is 4.39 Å². The molecule has 3 amide bonds. The number of carbonyl (C=O) groups is 3. The van der Waals surface area contributed by atoms with Gasteiger partial charge in [0.2, 0.25) is 11.8 Å². The normalized spacial score (nSPS) is 21.3. The van der Waals surface area contributed by atoms with Crippen molar-refractivity contribution in [3.8, 4) is 0 Å². The number of likely N-dealkylation sites (tertiary alicyclic amines) is 1. The summed E-state index contributed by atoms with van der Waals surface area (Å²) in [5.41, 5.74) is 4.88. The summed E-state index contributed by atoms with van der Waals surface area (Å²) in [6, 6.07) is 8.47. The Morgan fingerprint density at radius 1 is 1.11 bits per heavy atom. The number of fused-ring (bicyclic) bond motifs is 2. The first-order valence-corrected chi connectivity index (χ1v) is 12.5. The van der Waals surface area contributed by atoms with Gasteiger partial charge in [0.1, 0.15) is 17.5 Å². The molecule has 0 bridgehead atoms. The van der Waals surface area contributed by atoms with Crippen molar-refractivity contribution in [2.75, 3.05) is 13.1 Å². The quantitative estimate of drug-likeness (QED) is 0.570. The first-order valence-electron chi connectivity index (χ1n) is 12.5. The third kappa shape index (κ3) is 3.87. The van der Waals surface area contributed by atoms with Crippen LogP contribution in [0.15, 0.2) is 36.5 Å². The van der Waals surface area contributed by atoms with E-state index in [0.29, 0.717) is 17.5 Å². The van der Waals surface area contributed by atoms with Crippen molar-refractivity contribution in [1.82, 2.24) is 24.5 Å². The predicted molar refractivity (Wildman–Crippen MR) is 130 cm³/mol. The van der Waals surface area contributed by atoms with Gasteiger partial charge in [0.15, 0.2) is 0 Å². The molecule has 0 saturated carbocycles. The lowest BCUT2D eigenvalue weighted by atomic mass is 9.87. The lowest BCUT2D eigenvalue weighted by Gasteiger charge is -2.32. The van der Waals surface area contributed by atoms with Crippen molar-refractivity contribution < 1.29 is 18.8 Å². The van der Waals surface area contributed by atoms with E-state index < -0.39 is 11.9 Å². The number of benzene rings is 1. The minimum Gasteiger partial charge on any atom is -0.322 e. The van der Waals surface area contributed by atoms with Crippen molar-refractivity contribution in [3.63, 3.8) is 0 Å². The largest absolute Gasteiger partial charge is 0.322 e. The molecular formula is C27H28FN5O3. The number of imide groups is 1. The molecule has 3 aliphatic heterocycles. The van der Waals surface area contributed by atoms with E-state index in [9.17, 15) is 14.4 Å². The molecule has 3 aliphatic rings. The maximum absolute atomic E-state index is 15.2. The highest BCUT2D eigenvalue weighted by atomic mass is 19.1. The molecule has 1 aromatic carbocycles. The van der Waals surface area contributed by atoms with Gasteiger partial charge >= 0.3 is 0 Å². The molecule has 186 valence electrons. The number of nitrogens with one attached hydrogen (secondary N) is 1. The Kier molecular flexibility index (Phi) is 5.59. The zero-order valence-electron chi connectivity index (χ0n) is 20.2. The zero-order chi connectivity index (χ0) is 25.0. The number of rotatable bonds is 4. The number of imidazole rings is 1. The van der Waals surface area contributed by atoms with Crippen LogP contribution in [0.5, 0.6) is 0 Å². The average molecular weight is 490 g/mol. The van der Waals surface area contributed by atoms with Gasteiger partial charge in [-0.3, -0.25) is 24.6 Å². The van der Waals surface area contributed by atoms with Crippen LogP contribution in [0.3, 0.4) is 0 Å². The number of halogens is 1. The smallest absolute Gasteiger partial charge is 0.255 e. The van der Waals surface area contributed by atoms with Crippen LogP contribution < -0.4 is 5.32 Å². The van der Waals surface area contributed by atoms with Crippen LogP contribution in [-0.2, 0) is 22.7 Å². The van der Waals surface area contributed by atoms with E-state index in [4.69, 9.17) is 0 Å². The summed E-state index contributed by atoms with van der Waals surface area (Å²) in [6.07, 6.45) is 4.19. The summed E-state index contributed by atoms with van der Waals surface area (Å²) in [5, 5.41) is 2.31. The van der Waals surface area contributed by atoms with Crippen LogP contribution in [0.4, 0.5) is 4.39 Å². The number of aryl methyl sites for hydroxylation is 1. The first-order chi connectivity index (χ1) is 17.4. The molecule has 8 nitrogen and oxygen atoms in total. The van der Waals surface area contributed by atoms with Gasteiger partial charge in [0.05, 0.1) is 11.4 Å². The van der Waals surface area contributed by atoms with Crippen molar-refractivity contribution in [3.05, 3.63) is 70.4 Å². The van der Waals surface area contributed by atoms with Gasteiger partial charge in [-0.25, -0.2) is 9.37 Å². The van der Waals surface area contributed by atoms with Gasteiger partial charge < -0.3 is 9.30 Å². The molecule has 1 N–H and O–H groups in total. The Labute approximate surface area is 208 Å². The first kappa shape index (κ1) is 22.8. The Morgan fingerprint density at radius 2 is 1.92 bits per heavy atom. The molecule has 0 radical (unpaired) electrons. The van der Waals surface area contributed by atoms with E-state index in [1.165, 1.54) is 16.7 Å². The molecule has 36 heavy (non-hydrogen) atoms. The van der Waals surface area contributed by atoms with Crippen LogP contribution >= 0.6 is 0 Å². The van der Waals surface area contributed by atoms with Gasteiger partial charge in [0.25, 0.3) is 5.91 Å². The van der Waals surface area contributed by atoms with Crippen LogP contribution in [0.1, 0.15) is 64.5 Å². The molecule has 5 heterocycles. The van der Waals surface area contributed by atoms with Gasteiger partial charge in [-0.2, -0.15) is 0 Å². The Balaban J connectivity index is 1.15. The van der Waals surface area contributed by atoms with Gasteiger partial charge in [-0.1, -0.05) is 12.1 Å². The molecule has 0 aliphatic carbocycles. The minimum atomic E-state index is -0.694. The highest BCUT2D eigenvalue weighted by Crippen LogP contribution is 2.35. The molecule has 1 atom stereocenters. The van der Waals surface area contributed by atoms with E-state index in [1.807, 2.05) is 37.4 Å². The summed E-state index contributed by atoms with van der Waals surface area (Å²) in [5.74, 6) is -1.40. The summed E-state index contributed by atoms with van der Waals surface area (Å²) < 4.78 is 17.3.